The van der Waals surface area contributed by atoms with Gasteiger partial charge >= 0.3 is 6.09 Å². The summed E-state index contributed by atoms with van der Waals surface area (Å²) >= 11 is 0. The lowest BCUT2D eigenvalue weighted by Gasteiger charge is -2.43. The molecule has 0 saturated carbocycles. The molecule has 0 aliphatic carbocycles. The molecule has 0 spiro atoms. The fourth-order valence-electron chi connectivity index (χ4n) is 8.45. The number of fused-ring (bicyclic) bond motifs is 1. The maximum absolute atomic E-state index is 13.3. The number of amides is 3. The molecule has 3 aliphatic rings. The highest BCUT2D eigenvalue weighted by molar-refractivity contribution is 6.06. The zero-order valence-corrected chi connectivity index (χ0v) is 34.6. The third-order valence-electron chi connectivity index (χ3n) is 11.9. The number of nitrogens with one attached hydrogen (secondary N) is 1. The van der Waals surface area contributed by atoms with E-state index in [1.54, 1.807) is 14.2 Å². The summed E-state index contributed by atoms with van der Waals surface area (Å²) in [6, 6.07) is 36.1. The van der Waals surface area contributed by atoms with Crippen molar-refractivity contribution in [2.45, 2.75) is 70.6 Å². The fourth-order valence-corrected chi connectivity index (χ4v) is 8.45. The average Bonchev–Trinajstić information content (AvgIpc) is 3.55. The number of benzene rings is 5. The largest absolute Gasteiger partial charge is 0.493 e. The summed E-state index contributed by atoms with van der Waals surface area (Å²) in [5, 5.41) is 12.3. The van der Waals surface area contributed by atoms with E-state index in [0.29, 0.717) is 12.3 Å². The lowest BCUT2D eigenvalue weighted by atomic mass is 9.89. The van der Waals surface area contributed by atoms with Crippen molar-refractivity contribution in [3.05, 3.63) is 154 Å². The Morgan fingerprint density at radius 2 is 1.49 bits per heavy atom. The quantitative estimate of drug-likeness (QED) is 0.117. The number of carbonyl (C=O) groups is 3. The lowest BCUT2D eigenvalue weighted by molar-refractivity contribution is -0.276. The number of rotatable bonds is 13. The summed E-state index contributed by atoms with van der Waals surface area (Å²) in [6.07, 6.45) is -1.12. The lowest BCUT2D eigenvalue weighted by Crippen LogP contribution is -2.45. The minimum Gasteiger partial charge on any atom is -0.493 e. The van der Waals surface area contributed by atoms with Crippen molar-refractivity contribution < 1.29 is 43.2 Å². The van der Waals surface area contributed by atoms with Crippen LogP contribution in [0.1, 0.15) is 64.7 Å². The molecule has 5 aromatic rings. The third kappa shape index (κ3) is 9.48. The summed E-state index contributed by atoms with van der Waals surface area (Å²) in [4.78, 5) is 42.5. The van der Waals surface area contributed by atoms with Gasteiger partial charge in [-0.3, -0.25) is 19.4 Å². The van der Waals surface area contributed by atoms with Gasteiger partial charge in [-0.05, 0) is 75.2 Å². The number of aliphatic hydroxyl groups is 1. The van der Waals surface area contributed by atoms with Crippen molar-refractivity contribution in [3.8, 4) is 22.6 Å². The van der Waals surface area contributed by atoms with Crippen molar-refractivity contribution in [2.24, 2.45) is 5.92 Å². The second-order valence-electron chi connectivity index (χ2n) is 15.9. The average molecular weight is 826 g/mol. The standard InChI is InChI=1S/C49H51N3O9/c1-31-44(28-51-20-19-38-23-42(57-2)43(58-3)24-40(38)27-51)60-48(61-46(31)35-17-15-32(29-53)16-18-35)39-14-8-13-37(22-39)36-12-7-11-34(21-36)26-52-45(54)25-41(47(52)55)50-49(56)59-30-33-9-5-4-6-10-33/h4-18,21-24,31,41,44,46,48,53H,19-20,25-30H2,1-3H3,(H,50,56). The smallest absolute Gasteiger partial charge is 0.408 e. The molecule has 0 bridgehead atoms. The first-order valence-electron chi connectivity index (χ1n) is 20.7. The molecule has 316 valence electrons. The molecule has 5 aromatic carbocycles. The van der Waals surface area contributed by atoms with E-state index in [1.165, 1.54) is 16.0 Å². The second kappa shape index (κ2) is 18.7. The fraction of sp³-hybridized carbons (Fsp3) is 0.327. The van der Waals surface area contributed by atoms with Crippen LogP contribution in [0.5, 0.6) is 11.5 Å². The number of hydrogen-bond acceptors (Lipinski definition) is 10. The summed E-state index contributed by atoms with van der Waals surface area (Å²) in [5.41, 5.74) is 8.56. The normalized spacial score (nSPS) is 21.5. The highest BCUT2D eigenvalue weighted by Crippen LogP contribution is 2.43. The predicted molar refractivity (Wildman–Crippen MR) is 227 cm³/mol. The monoisotopic (exact) mass is 825 g/mol. The van der Waals surface area contributed by atoms with Crippen LogP contribution in [-0.4, -0.2) is 72.3 Å². The molecule has 3 heterocycles. The summed E-state index contributed by atoms with van der Waals surface area (Å²) in [5.74, 6) is 0.623. The first kappa shape index (κ1) is 41.7. The number of likely N-dealkylation sites (tertiary alicyclic amines) is 1. The van der Waals surface area contributed by atoms with Gasteiger partial charge in [-0.25, -0.2) is 4.79 Å². The van der Waals surface area contributed by atoms with Gasteiger partial charge < -0.3 is 34.1 Å². The van der Waals surface area contributed by atoms with Gasteiger partial charge in [0.1, 0.15) is 12.6 Å². The highest BCUT2D eigenvalue weighted by atomic mass is 16.7. The van der Waals surface area contributed by atoms with Crippen LogP contribution in [0.25, 0.3) is 11.1 Å². The molecule has 0 aromatic heterocycles. The molecule has 8 rings (SSSR count). The second-order valence-corrected chi connectivity index (χ2v) is 15.9. The molecule has 3 aliphatic heterocycles. The molecule has 5 atom stereocenters. The van der Waals surface area contributed by atoms with Gasteiger partial charge in [-0.15, -0.1) is 0 Å². The van der Waals surface area contributed by atoms with E-state index in [9.17, 15) is 19.5 Å². The van der Waals surface area contributed by atoms with Gasteiger partial charge in [0.15, 0.2) is 17.8 Å². The topological polar surface area (TPSA) is 136 Å². The molecule has 5 unspecified atom stereocenters. The van der Waals surface area contributed by atoms with E-state index >= 15 is 0 Å². The van der Waals surface area contributed by atoms with Crippen LogP contribution in [-0.2, 0) is 56.5 Å². The van der Waals surface area contributed by atoms with E-state index in [1.807, 2.05) is 97.1 Å². The number of carbonyl (C=O) groups excluding carboxylic acids is 3. The zero-order chi connectivity index (χ0) is 42.5. The Labute approximate surface area is 355 Å². The van der Waals surface area contributed by atoms with Crippen LogP contribution in [0.4, 0.5) is 4.79 Å². The van der Waals surface area contributed by atoms with Crippen LogP contribution in [0.15, 0.2) is 115 Å². The van der Waals surface area contributed by atoms with Crippen LogP contribution >= 0.6 is 0 Å². The summed E-state index contributed by atoms with van der Waals surface area (Å²) in [7, 11) is 3.32. The maximum atomic E-state index is 13.3. The number of alkyl carbamates (subject to hydrolysis) is 1. The van der Waals surface area contributed by atoms with Crippen molar-refractivity contribution in [1.82, 2.24) is 15.1 Å². The number of ether oxygens (including phenoxy) is 5. The Hall–Kier alpha value is -6.05. The van der Waals surface area contributed by atoms with E-state index in [4.69, 9.17) is 23.7 Å². The maximum Gasteiger partial charge on any atom is 0.408 e. The number of hydrogen-bond donors (Lipinski definition) is 2. The Balaban J connectivity index is 0.976. The van der Waals surface area contributed by atoms with Crippen LogP contribution in [0, 0.1) is 5.92 Å². The molecule has 61 heavy (non-hydrogen) atoms. The van der Waals surface area contributed by atoms with Crippen LogP contribution in [0.2, 0.25) is 0 Å². The molecule has 2 saturated heterocycles. The van der Waals surface area contributed by atoms with Gasteiger partial charge in [-0.1, -0.05) is 97.9 Å². The minimum absolute atomic E-state index is 0.00799. The van der Waals surface area contributed by atoms with E-state index in [-0.39, 0.29) is 50.2 Å². The highest BCUT2D eigenvalue weighted by Gasteiger charge is 2.41. The zero-order valence-electron chi connectivity index (χ0n) is 34.6. The molecule has 12 heteroatoms. The molecule has 12 nitrogen and oxygen atoms in total. The van der Waals surface area contributed by atoms with Gasteiger partial charge in [0.2, 0.25) is 5.91 Å². The predicted octanol–water partition coefficient (Wildman–Crippen LogP) is 7.27. The summed E-state index contributed by atoms with van der Waals surface area (Å²) in [6.45, 7) is 4.57. The Morgan fingerprint density at radius 3 is 2.23 bits per heavy atom. The first-order chi connectivity index (χ1) is 29.7. The molecular weight excluding hydrogens is 775 g/mol. The molecule has 2 fully saturated rings. The van der Waals surface area contributed by atoms with Crippen molar-refractivity contribution >= 4 is 17.9 Å². The summed E-state index contributed by atoms with van der Waals surface area (Å²) < 4.78 is 30.2. The van der Waals surface area contributed by atoms with Crippen LogP contribution < -0.4 is 14.8 Å². The van der Waals surface area contributed by atoms with Crippen molar-refractivity contribution in [2.75, 3.05) is 27.3 Å². The van der Waals surface area contributed by atoms with Gasteiger partial charge in [-0.2, -0.15) is 0 Å². The van der Waals surface area contributed by atoms with Gasteiger partial charge in [0.05, 0.1) is 46.0 Å². The minimum atomic E-state index is -0.993. The number of nitrogens with zero attached hydrogens (tertiary/aromatic N) is 2. The van der Waals surface area contributed by atoms with E-state index < -0.39 is 24.3 Å². The van der Waals surface area contributed by atoms with Crippen LogP contribution in [0.3, 0.4) is 0 Å². The first-order valence-corrected chi connectivity index (χ1v) is 20.7. The molecular formula is C49H51N3O9. The molecule has 3 amide bonds. The Bertz CT molecular complexity index is 2350. The van der Waals surface area contributed by atoms with Crippen molar-refractivity contribution in [3.63, 3.8) is 0 Å². The number of imide groups is 1. The Morgan fingerprint density at radius 1 is 0.787 bits per heavy atom. The third-order valence-corrected chi connectivity index (χ3v) is 11.9. The molecule has 2 N–H and O–H groups in total. The van der Waals surface area contributed by atoms with Gasteiger partial charge in [0.25, 0.3) is 5.91 Å². The Kier molecular flexibility index (Phi) is 12.8. The van der Waals surface area contributed by atoms with Crippen molar-refractivity contribution in [1.29, 1.82) is 0 Å². The van der Waals surface area contributed by atoms with E-state index in [0.717, 1.165) is 64.2 Å². The SMILES string of the molecule is COc1cc2c(cc1OC)CN(CC1OC(c3cccc(-c4cccc(CN5C(=O)CC(NC(=O)OCc6ccccc6)C5=O)c4)c3)OC(c3ccc(CO)cc3)C1C)CC2. The number of aliphatic hydroxyl groups excluding tert-OH is 1. The van der Waals surface area contributed by atoms with E-state index in [2.05, 4.69) is 35.3 Å². The number of methoxy groups -OCH3 is 2. The molecule has 0 radical (unpaired) electrons. The van der Waals surface area contributed by atoms with Gasteiger partial charge in [0, 0.05) is 31.1 Å².